The Kier molecular flexibility index (Phi) is 3.59. The third-order valence-electron chi connectivity index (χ3n) is 2.65. The maximum Gasteiger partial charge on any atom is 0.261 e. The first-order valence-electron chi connectivity index (χ1n) is 5.41. The standard InChI is InChI=1S/C12H13BrN2O2/c1-8-14-11-4-3-9(13)7-10(11)12(17)15(8)5-2-6-16/h3-4,7,16H,2,5-6H2,1H3. The highest BCUT2D eigenvalue weighted by molar-refractivity contribution is 9.10. The predicted octanol–water partition coefficient (Wildman–Crippen LogP) is 1.85. The van der Waals surface area contributed by atoms with Crippen molar-refractivity contribution in [2.24, 2.45) is 0 Å². The van der Waals surface area contributed by atoms with Crippen LogP contribution in [0, 0.1) is 6.92 Å². The summed E-state index contributed by atoms with van der Waals surface area (Å²) in [5.74, 6) is 0.679. The highest BCUT2D eigenvalue weighted by Gasteiger charge is 2.07. The minimum Gasteiger partial charge on any atom is -0.396 e. The number of aliphatic hydroxyl groups is 1. The van der Waals surface area contributed by atoms with Crippen molar-refractivity contribution in [1.82, 2.24) is 9.55 Å². The zero-order valence-electron chi connectivity index (χ0n) is 9.48. The molecule has 0 aliphatic carbocycles. The predicted molar refractivity (Wildman–Crippen MR) is 70.1 cm³/mol. The Morgan fingerprint density at radius 2 is 2.24 bits per heavy atom. The molecule has 0 saturated carbocycles. The van der Waals surface area contributed by atoms with E-state index in [1.54, 1.807) is 17.6 Å². The second kappa shape index (κ2) is 4.98. The Hall–Kier alpha value is -1.20. The minimum atomic E-state index is -0.0535. The Balaban J connectivity index is 2.65. The van der Waals surface area contributed by atoms with Gasteiger partial charge in [0, 0.05) is 17.6 Å². The number of benzene rings is 1. The monoisotopic (exact) mass is 296 g/mol. The summed E-state index contributed by atoms with van der Waals surface area (Å²) < 4.78 is 2.46. The Labute approximate surface area is 107 Å². The van der Waals surface area contributed by atoms with Gasteiger partial charge in [0.15, 0.2) is 0 Å². The normalized spacial score (nSPS) is 11.0. The molecule has 0 amide bonds. The van der Waals surface area contributed by atoms with Gasteiger partial charge >= 0.3 is 0 Å². The highest BCUT2D eigenvalue weighted by atomic mass is 79.9. The number of rotatable bonds is 3. The van der Waals surface area contributed by atoms with Crippen LogP contribution in [0.4, 0.5) is 0 Å². The quantitative estimate of drug-likeness (QED) is 0.940. The van der Waals surface area contributed by atoms with Crippen molar-refractivity contribution in [3.05, 3.63) is 38.9 Å². The summed E-state index contributed by atoms with van der Waals surface area (Å²) in [6.45, 7) is 2.37. The molecule has 0 atom stereocenters. The zero-order chi connectivity index (χ0) is 12.4. The van der Waals surface area contributed by atoms with Crippen molar-refractivity contribution in [3.63, 3.8) is 0 Å². The van der Waals surface area contributed by atoms with Crippen LogP contribution in [0.25, 0.3) is 10.9 Å². The van der Waals surface area contributed by atoms with Crippen LogP contribution in [-0.4, -0.2) is 21.3 Å². The van der Waals surface area contributed by atoms with Crippen molar-refractivity contribution in [2.45, 2.75) is 19.9 Å². The van der Waals surface area contributed by atoms with E-state index in [1.165, 1.54) is 0 Å². The van der Waals surface area contributed by atoms with Gasteiger partial charge in [0.05, 0.1) is 10.9 Å². The molecular weight excluding hydrogens is 284 g/mol. The van der Waals surface area contributed by atoms with Gasteiger partial charge in [0.25, 0.3) is 5.56 Å². The van der Waals surface area contributed by atoms with Crippen LogP contribution in [-0.2, 0) is 6.54 Å². The Morgan fingerprint density at radius 3 is 2.94 bits per heavy atom. The lowest BCUT2D eigenvalue weighted by Gasteiger charge is -2.09. The van der Waals surface area contributed by atoms with Crippen molar-refractivity contribution >= 4 is 26.8 Å². The van der Waals surface area contributed by atoms with E-state index in [0.717, 1.165) is 4.47 Å². The van der Waals surface area contributed by atoms with Gasteiger partial charge in [-0.3, -0.25) is 9.36 Å². The molecule has 2 rings (SSSR count). The van der Waals surface area contributed by atoms with Gasteiger partial charge in [-0.15, -0.1) is 0 Å². The van der Waals surface area contributed by atoms with Crippen LogP contribution >= 0.6 is 15.9 Å². The van der Waals surface area contributed by atoms with E-state index >= 15 is 0 Å². The van der Waals surface area contributed by atoms with Crippen molar-refractivity contribution in [3.8, 4) is 0 Å². The summed E-state index contributed by atoms with van der Waals surface area (Å²) in [5, 5.41) is 9.42. The molecule has 0 bridgehead atoms. The average molecular weight is 297 g/mol. The summed E-state index contributed by atoms with van der Waals surface area (Å²) in [6, 6.07) is 5.47. The lowest BCUT2D eigenvalue weighted by molar-refractivity contribution is 0.278. The van der Waals surface area contributed by atoms with E-state index in [0.29, 0.717) is 29.7 Å². The summed E-state index contributed by atoms with van der Waals surface area (Å²) in [5.41, 5.74) is 0.651. The van der Waals surface area contributed by atoms with Gasteiger partial charge in [0.2, 0.25) is 0 Å². The molecule has 0 aliphatic heterocycles. The molecule has 1 aromatic heterocycles. The summed E-state index contributed by atoms with van der Waals surface area (Å²) in [6.07, 6.45) is 0.557. The molecule has 90 valence electrons. The fraction of sp³-hybridized carbons (Fsp3) is 0.333. The second-order valence-electron chi connectivity index (χ2n) is 3.85. The Morgan fingerprint density at radius 1 is 1.47 bits per heavy atom. The molecule has 0 aliphatic rings. The molecule has 17 heavy (non-hydrogen) atoms. The van der Waals surface area contributed by atoms with Crippen molar-refractivity contribution in [2.75, 3.05) is 6.61 Å². The van der Waals surface area contributed by atoms with Crippen LogP contribution in [0.5, 0.6) is 0 Å². The molecule has 5 heteroatoms. The van der Waals surface area contributed by atoms with E-state index < -0.39 is 0 Å². The fourth-order valence-corrected chi connectivity index (χ4v) is 2.16. The molecule has 2 aromatic rings. The van der Waals surface area contributed by atoms with E-state index in [4.69, 9.17) is 5.11 Å². The number of aryl methyl sites for hydroxylation is 1. The number of aromatic nitrogens is 2. The molecule has 1 aromatic carbocycles. The maximum atomic E-state index is 12.2. The van der Waals surface area contributed by atoms with Gasteiger partial charge in [-0.25, -0.2) is 4.98 Å². The summed E-state index contributed by atoms with van der Waals surface area (Å²) in [7, 11) is 0. The zero-order valence-corrected chi connectivity index (χ0v) is 11.1. The highest BCUT2D eigenvalue weighted by Crippen LogP contribution is 2.15. The number of hydrogen-bond acceptors (Lipinski definition) is 3. The molecule has 0 spiro atoms. The number of hydrogen-bond donors (Lipinski definition) is 1. The fourth-order valence-electron chi connectivity index (χ4n) is 1.80. The van der Waals surface area contributed by atoms with Gasteiger partial charge < -0.3 is 5.11 Å². The molecule has 0 saturated heterocycles. The molecule has 1 N–H and O–H groups in total. The smallest absolute Gasteiger partial charge is 0.261 e. The van der Waals surface area contributed by atoms with Crippen LogP contribution in [0.2, 0.25) is 0 Å². The molecular formula is C12H13BrN2O2. The van der Waals surface area contributed by atoms with Crippen molar-refractivity contribution in [1.29, 1.82) is 0 Å². The Bertz CT molecular complexity index is 607. The van der Waals surface area contributed by atoms with E-state index in [1.807, 2.05) is 12.1 Å². The number of aliphatic hydroxyl groups excluding tert-OH is 1. The molecule has 0 unspecified atom stereocenters. The lowest BCUT2D eigenvalue weighted by atomic mass is 10.2. The first kappa shape index (κ1) is 12.3. The third kappa shape index (κ3) is 2.40. The molecule has 4 nitrogen and oxygen atoms in total. The topological polar surface area (TPSA) is 55.1 Å². The van der Waals surface area contributed by atoms with Crippen LogP contribution in [0.3, 0.4) is 0 Å². The number of nitrogens with zero attached hydrogens (tertiary/aromatic N) is 2. The number of fused-ring (bicyclic) bond motifs is 1. The maximum absolute atomic E-state index is 12.2. The summed E-state index contributed by atoms with van der Waals surface area (Å²) in [4.78, 5) is 16.6. The SMILES string of the molecule is Cc1nc2ccc(Br)cc2c(=O)n1CCCO. The van der Waals surface area contributed by atoms with Crippen LogP contribution in [0.1, 0.15) is 12.2 Å². The van der Waals surface area contributed by atoms with E-state index in [-0.39, 0.29) is 12.2 Å². The van der Waals surface area contributed by atoms with Gasteiger partial charge in [-0.1, -0.05) is 15.9 Å². The first-order valence-corrected chi connectivity index (χ1v) is 6.20. The second-order valence-corrected chi connectivity index (χ2v) is 4.77. The average Bonchev–Trinajstić information content (AvgIpc) is 2.30. The van der Waals surface area contributed by atoms with Gasteiger partial charge in [-0.2, -0.15) is 0 Å². The summed E-state index contributed by atoms with van der Waals surface area (Å²) >= 11 is 3.35. The molecule has 1 heterocycles. The third-order valence-corrected chi connectivity index (χ3v) is 3.14. The van der Waals surface area contributed by atoms with Crippen LogP contribution in [0.15, 0.2) is 27.5 Å². The number of halogens is 1. The lowest BCUT2D eigenvalue weighted by Crippen LogP contribution is -2.24. The largest absolute Gasteiger partial charge is 0.396 e. The van der Waals surface area contributed by atoms with Gasteiger partial charge in [0.1, 0.15) is 5.82 Å². The first-order chi connectivity index (χ1) is 8.13. The van der Waals surface area contributed by atoms with E-state index in [2.05, 4.69) is 20.9 Å². The molecule has 0 radical (unpaired) electrons. The van der Waals surface area contributed by atoms with E-state index in [9.17, 15) is 4.79 Å². The van der Waals surface area contributed by atoms with Crippen LogP contribution < -0.4 is 5.56 Å². The van der Waals surface area contributed by atoms with Crippen molar-refractivity contribution < 1.29 is 5.11 Å². The molecule has 0 fully saturated rings. The van der Waals surface area contributed by atoms with Gasteiger partial charge in [-0.05, 0) is 31.5 Å². The minimum absolute atomic E-state index is 0.0535.